The van der Waals surface area contributed by atoms with Crippen LogP contribution in [0, 0.1) is 6.92 Å². The molecule has 0 bridgehead atoms. The fraction of sp³-hybridized carbons (Fsp3) is 0.130. The highest BCUT2D eigenvalue weighted by Gasteiger charge is 2.33. The fourth-order valence-electron chi connectivity index (χ4n) is 3.49. The van der Waals surface area contributed by atoms with E-state index < -0.39 is 5.97 Å². The first kappa shape index (κ1) is 17.0. The Morgan fingerprint density at radius 1 is 0.963 bits per heavy atom. The molecule has 4 rings (SSSR count). The Balaban J connectivity index is 1.94. The molecule has 3 aromatic carbocycles. The number of para-hydroxylation sites is 2. The van der Waals surface area contributed by atoms with Crippen LogP contribution in [0.3, 0.4) is 0 Å². The average molecular weight is 356 g/mol. The van der Waals surface area contributed by atoms with E-state index in [0.717, 1.165) is 28.3 Å². The maximum absolute atomic E-state index is 11.7. The Hall–Kier alpha value is -3.40. The van der Waals surface area contributed by atoms with Crippen molar-refractivity contribution in [1.82, 2.24) is 0 Å². The Morgan fingerprint density at radius 3 is 2.33 bits per heavy atom. The summed E-state index contributed by atoms with van der Waals surface area (Å²) in [7, 11) is 0. The van der Waals surface area contributed by atoms with Gasteiger partial charge in [0, 0.05) is 16.8 Å². The van der Waals surface area contributed by atoms with E-state index in [1.165, 1.54) is 5.56 Å². The predicted octanol–water partition coefficient (Wildman–Crippen LogP) is 5.11. The minimum absolute atomic E-state index is 0.00319. The number of aliphatic carboxylic acids is 1. The van der Waals surface area contributed by atoms with Crippen molar-refractivity contribution in [1.29, 1.82) is 0 Å². The van der Waals surface area contributed by atoms with Crippen LogP contribution >= 0.6 is 0 Å². The minimum atomic E-state index is -0.833. The highest BCUT2D eigenvalue weighted by atomic mass is 16.4. The van der Waals surface area contributed by atoms with Crippen molar-refractivity contribution in [3.05, 3.63) is 95.6 Å². The summed E-state index contributed by atoms with van der Waals surface area (Å²) in [4.78, 5) is 18.6. The number of hydrogen-bond donors (Lipinski definition) is 1. The molecule has 4 nitrogen and oxygen atoms in total. The minimum Gasteiger partial charge on any atom is -0.481 e. The second kappa shape index (κ2) is 7.08. The van der Waals surface area contributed by atoms with Gasteiger partial charge in [-0.05, 0) is 25.1 Å². The van der Waals surface area contributed by atoms with Gasteiger partial charge >= 0.3 is 5.97 Å². The van der Waals surface area contributed by atoms with Crippen LogP contribution in [-0.2, 0) is 4.79 Å². The number of aliphatic imine (C=N–C) groups is 1. The smallest absolute Gasteiger partial charge is 0.305 e. The Kier molecular flexibility index (Phi) is 4.47. The average Bonchev–Trinajstić information content (AvgIpc) is 2.68. The number of anilines is 1. The summed E-state index contributed by atoms with van der Waals surface area (Å²) in [6.45, 7) is 2.05. The Labute approximate surface area is 158 Å². The maximum atomic E-state index is 11.7. The third kappa shape index (κ3) is 3.34. The summed E-state index contributed by atoms with van der Waals surface area (Å²) in [5, 5.41) is 9.58. The third-order valence-electron chi connectivity index (χ3n) is 4.77. The Morgan fingerprint density at radius 2 is 1.63 bits per heavy atom. The SMILES string of the molecule is Cc1ccc(C2=Nc3ccccc3C(CC(=O)O)N2c2ccccc2)cc1. The molecule has 1 N–H and O–H groups in total. The standard InChI is InChI=1S/C23H20N2O2/c1-16-11-13-17(14-12-16)23-24-20-10-6-5-9-19(20)21(15-22(26)27)25(23)18-7-3-2-4-8-18/h2-14,21H,15H2,1H3,(H,26,27). The molecular weight excluding hydrogens is 336 g/mol. The summed E-state index contributed by atoms with van der Waals surface area (Å²) in [5.74, 6) is -0.0629. The van der Waals surface area contributed by atoms with Crippen LogP contribution < -0.4 is 4.90 Å². The normalized spacial score (nSPS) is 15.8. The molecule has 1 heterocycles. The molecule has 1 aliphatic rings. The maximum Gasteiger partial charge on any atom is 0.305 e. The van der Waals surface area contributed by atoms with Crippen LogP contribution in [-0.4, -0.2) is 16.9 Å². The monoisotopic (exact) mass is 356 g/mol. The molecule has 1 atom stereocenters. The lowest BCUT2D eigenvalue weighted by atomic mass is 9.95. The molecule has 0 amide bonds. The first-order chi connectivity index (χ1) is 13.1. The van der Waals surface area contributed by atoms with Crippen LogP contribution in [0.15, 0.2) is 83.9 Å². The molecule has 0 radical (unpaired) electrons. The van der Waals surface area contributed by atoms with Gasteiger partial charge in [0.1, 0.15) is 5.84 Å². The molecule has 1 aliphatic heterocycles. The lowest BCUT2D eigenvalue weighted by Gasteiger charge is -2.38. The van der Waals surface area contributed by atoms with Gasteiger partial charge in [0.15, 0.2) is 0 Å². The van der Waals surface area contributed by atoms with Crippen molar-refractivity contribution < 1.29 is 9.90 Å². The van der Waals surface area contributed by atoms with Crippen LogP contribution in [0.25, 0.3) is 0 Å². The molecule has 134 valence electrons. The third-order valence-corrected chi connectivity index (χ3v) is 4.77. The number of carboxylic acids is 1. The molecule has 0 saturated heterocycles. The lowest BCUT2D eigenvalue weighted by Crippen LogP contribution is -2.39. The molecule has 3 aromatic rings. The zero-order valence-electron chi connectivity index (χ0n) is 15.0. The number of carboxylic acid groups (broad SMARTS) is 1. The van der Waals surface area contributed by atoms with Gasteiger partial charge in [-0.2, -0.15) is 0 Å². The number of rotatable bonds is 4. The van der Waals surface area contributed by atoms with Crippen molar-refractivity contribution in [2.75, 3.05) is 4.90 Å². The van der Waals surface area contributed by atoms with Gasteiger partial charge in [-0.15, -0.1) is 0 Å². The molecule has 0 spiro atoms. The van der Waals surface area contributed by atoms with Crippen molar-refractivity contribution in [3.63, 3.8) is 0 Å². The molecule has 0 saturated carbocycles. The highest BCUT2D eigenvalue weighted by molar-refractivity contribution is 6.13. The molecule has 0 aliphatic carbocycles. The van der Waals surface area contributed by atoms with E-state index in [4.69, 9.17) is 4.99 Å². The number of carbonyl (C=O) groups is 1. The van der Waals surface area contributed by atoms with Gasteiger partial charge in [0.25, 0.3) is 0 Å². The first-order valence-electron chi connectivity index (χ1n) is 8.94. The van der Waals surface area contributed by atoms with Crippen LogP contribution in [0.4, 0.5) is 11.4 Å². The lowest BCUT2D eigenvalue weighted by molar-refractivity contribution is -0.137. The zero-order valence-corrected chi connectivity index (χ0v) is 15.0. The summed E-state index contributed by atoms with van der Waals surface area (Å²) < 4.78 is 0. The second-order valence-corrected chi connectivity index (χ2v) is 6.68. The van der Waals surface area contributed by atoms with E-state index in [2.05, 4.69) is 0 Å². The summed E-state index contributed by atoms with van der Waals surface area (Å²) >= 11 is 0. The number of amidine groups is 1. The Bertz CT molecular complexity index is 994. The van der Waals surface area contributed by atoms with Gasteiger partial charge < -0.3 is 10.0 Å². The topological polar surface area (TPSA) is 52.9 Å². The van der Waals surface area contributed by atoms with E-state index in [1.807, 2.05) is 90.7 Å². The van der Waals surface area contributed by atoms with Gasteiger partial charge in [-0.3, -0.25) is 4.79 Å². The van der Waals surface area contributed by atoms with Crippen molar-refractivity contribution in [2.24, 2.45) is 4.99 Å². The van der Waals surface area contributed by atoms with E-state index in [9.17, 15) is 9.90 Å². The number of hydrogen-bond acceptors (Lipinski definition) is 3. The number of fused-ring (bicyclic) bond motifs is 1. The van der Waals surface area contributed by atoms with Crippen molar-refractivity contribution >= 4 is 23.2 Å². The molecule has 27 heavy (non-hydrogen) atoms. The molecule has 0 fully saturated rings. The van der Waals surface area contributed by atoms with Gasteiger partial charge in [0.05, 0.1) is 18.2 Å². The summed E-state index contributed by atoms with van der Waals surface area (Å²) in [6, 6.07) is 25.5. The van der Waals surface area contributed by atoms with Crippen LogP contribution in [0.5, 0.6) is 0 Å². The van der Waals surface area contributed by atoms with Crippen LogP contribution in [0.2, 0.25) is 0 Å². The van der Waals surface area contributed by atoms with Crippen LogP contribution in [0.1, 0.15) is 29.2 Å². The highest BCUT2D eigenvalue weighted by Crippen LogP contribution is 2.40. The first-order valence-corrected chi connectivity index (χ1v) is 8.94. The van der Waals surface area contributed by atoms with Gasteiger partial charge in [-0.25, -0.2) is 4.99 Å². The molecular formula is C23H20N2O2. The van der Waals surface area contributed by atoms with E-state index in [0.29, 0.717) is 0 Å². The van der Waals surface area contributed by atoms with Gasteiger partial charge in [0.2, 0.25) is 0 Å². The van der Waals surface area contributed by atoms with Gasteiger partial charge in [-0.1, -0.05) is 66.2 Å². The largest absolute Gasteiger partial charge is 0.481 e. The van der Waals surface area contributed by atoms with E-state index in [-0.39, 0.29) is 12.5 Å². The quantitative estimate of drug-likeness (QED) is 0.707. The molecule has 1 unspecified atom stereocenters. The number of nitrogens with zero attached hydrogens (tertiary/aromatic N) is 2. The molecule has 0 aromatic heterocycles. The summed E-state index contributed by atoms with van der Waals surface area (Å²) in [5.41, 5.74) is 4.82. The number of aryl methyl sites for hydroxylation is 1. The van der Waals surface area contributed by atoms with Crippen molar-refractivity contribution in [3.8, 4) is 0 Å². The zero-order chi connectivity index (χ0) is 18.8. The summed E-state index contributed by atoms with van der Waals surface area (Å²) in [6.07, 6.45) is -0.00319. The van der Waals surface area contributed by atoms with Crippen molar-refractivity contribution in [2.45, 2.75) is 19.4 Å². The fourth-order valence-corrected chi connectivity index (χ4v) is 3.49. The van der Waals surface area contributed by atoms with E-state index >= 15 is 0 Å². The predicted molar refractivity (Wildman–Crippen MR) is 108 cm³/mol. The second-order valence-electron chi connectivity index (χ2n) is 6.68. The van der Waals surface area contributed by atoms with E-state index in [1.54, 1.807) is 0 Å². The molecule has 4 heteroatoms. The number of benzene rings is 3.